The third kappa shape index (κ3) is 2.07. The number of allylic oxidation sites excluding steroid dienone is 1. The van der Waals surface area contributed by atoms with Crippen LogP contribution in [0.15, 0.2) is 11.6 Å². The van der Waals surface area contributed by atoms with Gasteiger partial charge in [0, 0.05) is 11.3 Å². The van der Waals surface area contributed by atoms with Gasteiger partial charge in [0.25, 0.3) is 0 Å². The first-order valence-electron chi connectivity index (χ1n) is 9.84. The highest BCUT2D eigenvalue weighted by Gasteiger charge is 2.62. The number of carbonyl (C=O) groups excluding carboxylic acids is 1. The van der Waals surface area contributed by atoms with Gasteiger partial charge < -0.3 is 10.2 Å². The molecule has 7 unspecified atom stereocenters. The molecule has 4 aliphatic carbocycles. The van der Waals surface area contributed by atoms with Crippen LogP contribution in [-0.4, -0.2) is 28.2 Å². The van der Waals surface area contributed by atoms with Gasteiger partial charge >= 0.3 is 0 Å². The van der Waals surface area contributed by atoms with E-state index < -0.39 is 0 Å². The van der Waals surface area contributed by atoms with Crippen LogP contribution in [0, 0.1) is 34.5 Å². The number of Topliss-reactive ketones (excluding diaryl/α,β-unsaturated/α-hetero) is 1. The van der Waals surface area contributed by atoms with E-state index in [1.807, 2.05) is 0 Å². The molecule has 0 aliphatic heterocycles. The molecule has 3 nitrogen and oxygen atoms in total. The van der Waals surface area contributed by atoms with Crippen LogP contribution in [0.3, 0.4) is 0 Å². The van der Waals surface area contributed by atoms with E-state index in [0.29, 0.717) is 17.8 Å². The lowest BCUT2D eigenvalue weighted by Gasteiger charge is -2.59. The number of ketones is 1. The quantitative estimate of drug-likeness (QED) is 0.723. The molecule has 0 saturated heterocycles. The molecule has 3 heteroatoms. The molecule has 134 valence electrons. The minimum Gasteiger partial charge on any atom is -0.393 e. The first-order chi connectivity index (χ1) is 11.3. The van der Waals surface area contributed by atoms with E-state index >= 15 is 0 Å². The van der Waals surface area contributed by atoms with Crippen molar-refractivity contribution in [2.45, 2.75) is 77.9 Å². The van der Waals surface area contributed by atoms with Crippen molar-refractivity contribution in [3.05, 3.63) is 11.6 Å². The van der Waals surface area contributed by atoms with Crippen LogP contribution >= 0.6 is 0 Å². The van der Waals surface area contributed by atoms with Crippen LogP contribution in [0.5, 0.6) is 0 Å². The Bertz CT molecular complexity index is 582. The summed E-state index contributed by atoms with van der Waals surface area (Å²) in [7, 11) is 0. The van der Waals surface area contributed by atoms with Crippen molar-refractivity contribution in [3.8, 4) is 0 Å². The van der Waals surface area contributed by atoms with Crippen molar-refractivity contribution in [1.82, 2.24) is 0 Å². The van der Waals surface area contributed by atoms with Crippen LogP contribution < -0.4 is 0 Å². The molecule has 3 fully saturated rings. The molecule has 3 saturated carbocycles. The molecule has 0 amide bonds. The predicted octanol–water partition coefficient (Wildman–Crippen LogP) is 3.49. The number of carbonyl (C=O) groups is 1. The molecule has 0 radical (unpaired) electrons. The van der Waals surface area contributed by atoms with E-state index in [4.69, 9.17) is 0 Å². The van der Waals surface area contributed by atoms with Crippen LogP contribution in [0.4, 0.5) is 0 Å². The minimum atomic E-state index is -0.372. The Labute approximate surface area is 145 Å². The number of hydrogen-bond acceptors (Lipinski definition) is 3. The highest BCUT2D eigenvalue weighted by molar-refractivity contribution is 5.79. The summed E-state index contributed by atoms with van der Waals surface area (Å²) >= 11 is 0. The average Bonchev–Trinajstić information content (AvgIpc) is 2.88. The van der Waals surface area contributed by atoms with Crippen molar-refractivity contribution in [2.24, 2.45) is 34.5 Å². The maximum Gasteiger partial charge on any atom is 0.133 e. The third-order valence-electron chi connectivity index (χ3n) is 8.68. The molecule has 0 spiro atoms. The second-order valence-electron chi connectivity index (χ2n) is 9.51. The predicted molar refractivity (Wildman–Crippen MR) is 93.3 cm³/mol. The Morgan fingerprint density at radius 2 is 1.92 bits per heavy atom. The lowest BCUT2D eigenvalue weighted by Crippen LogP contribution is -2.56. The maximum atomic E-state index is 12.2. The zero-order valence-corrected chi connectivity index (χ0v) is 15.3. The summed E-state index contributed by atoms with van der Waals surface area (Å²) in [4.78, 5) is 12.2. The molecule has 4 rings (SSSR count). The van der Waals surface area contributed by atoms with Gasteiger partial charge in [-0.2, -0.15) is 0 Å². The topological polar surface area (TPSA) is 57.5 Å². The van der Waals surface area contributed by atoms with Crippen molar-refractivity contribution >= 4 is 5.78 Å². The van der Waals surface area contributed by atoms with Gasteiger partial charge in [-0.1, -0.05) is 25.5 Å². The van der Waals surface area contributed by atoms with Crippen LogP contribution in [0.25, 0.3) is 0 Å². The first kappa shape index (κ1) is 16.8. The van der Waals surface area contributed by atoms with E-state index in [-0.39, 0.29) is 34.7 Å². The summed E-state index contributed by atoms with van der Waals surface area (Å²) in [5.74, 6) is 1.85. The van der Waals surface area contributed by atoms with Gasteiger partial charge in [0.2, 0.25) is 0 Å². The SMILES string of the molecule is CC(=O)C1CCC2C3CC=C4CC(O)CCC4(C)C3C[C@H](O)C12C. The Hall–Kier alpha value is -0.670. The fourth-order valence-corrected chi connectivity index (χ4v) is 7.27. The van der Waals surface area contributed by atoms with Gasteiger partial charge in [0.1, 0.15) is 5.78 Å². The molecule has 0 aromatic carbocycles. The Morgan fingerprint density at radius 1 is 1.17 bits per heavy atom. The molecule has 0 heterocycles. The molecular weight excluding hydrogens is 300 g/mol. The second kappa shape index (κ2) is 5.41. The zero-order chi connectivity index (χ0) is 17.3. The Balaban J connectivity index is 1.71. The van der Waals surface area contributed by atoms with Gasteiger partial charge in [0.15, 0.2) is 0 Å². The van der Waals surface area contributed by atoms with Gasteiger partial charge in [-0.3, -0.25) is 4.79 Å². The Morgan fingerprint density at radius 3 is 2.62 bits per heavy atom. The second-order valence-corrected chi connectivity index (χ2v) is 9.51. The number of rotatable bonds is 1. The van der Waals surface area contributed by atoms with Crippen molar-refractivity contribution in [1.29, 1.82) is 0 Å². The fourth-order valence-electron chi connectivity index (χ4n) is 7.27. The summed E-state index contributed by atoms with van der Waals surface area (Å²) < 4.78 is 0. The fraction of sp³-hybridized carbons (Fsp3) is 0.857. The zero-order valence-electron chi connectivity index (χ0n) is 15.3. The van der Waals surface area contributed by atoms with Gasteiger partial charge in [-0.05, 0) is 75.0 Å². The lowest BCUT2D eigenvalue weighted by molar-refractivity contribution is -0.146. The molecule has 2 N–H and O–H groups in total. The summed E-state index contributed by atoms with van der Waals surface area (Å²) in [5.41, 5.74) is 1.33. The van der Waals surface area contributed by atoms with Crippen molar-refractivity contribution in [3.63, 3.8) is 0 Å². The molecule has 4 aliphatic rings. The summed E-state index contributed by atoms with van der Waals surface area (Å²) in [6.45, 7) is 6.26. The van der Waals surface area contributed by atoms with E-state index in [2.05, 4.69) is 19.9 Å². The van der Waals surface area contributed by atoms with Gasteiger partial charge in [-0.15, -0.1) is 0 Å². The minimum absolute atomic E-state index is 0.0322. The first-order valence-corrected chi connectivity index (χ1v) is 9.84. The van der Waals surface area contributed by atoms with Crippen molar-refractivity contribution < 1.29 is 15.0 Å². The van der Waals surface area contributed by atoms with Crippen molar-refractivity contribution in [2.75, 3.05) is 0 Å². The van der Waals surface area contributed by atoms with E-state index in [0.717, 1.165) is 44.9 Å². The molecule has 8 atom stereocenters. The summed E-state index contributed by atoms with van der Waals surface area (Å²) in [6.07, 6.45) is 8.50. The number of aliphatic hydroxyl groups is 2. The van der Waals surface area contributed by atoms with Gasteiger partial charge in [0.05, 0.1) is 12.2 Å². The van der Waals surface area contributed by atoms with E-state index in [1.165, 1.54) is 5.57 Å². The molecule has 24 heavy (non-hydrogen) atoms. The molecule has 0 bridgehead atoms. The average molecular weight is 332 g/mol. The normalized spacial score (nSPS) is 53.6. The standard InChI is InChI=1S/C21H32O3/c1-12(22)16-6-7-17-15-5-4-13-10-14(23)8-9-20(13,2)18(15)11-19(24)21(16,17)3/h4,14-19,23-24H,5-11H2,1-3H3/t14?,15?,16?,17?,18?,19-,20?,21?/m0/s1. The molecule has 0 aromatic rings. The van der Waals surface area contributed by atoms with Crippen LogP contribution in [0.1, 0.15) is 65.7 Å². The maximum absolute atomic E-state index is 12.2. The monoisotopic (exact) mass is 332 g/mol. The smallest absolute Gasteiger partial charge is 0.133 e. The highest BCUT2D eigenvalue weighted by Crippen LogP contribution is 2.66. The third-order valence-corrected chi connectivity index (χ3v) is 8.68. The van der Waals surface area contributed by atoms with Crippen LogP contribution in [0.2, 0.25) is 0 Å². The number of hydrogen-bond donors (Lipinski definition) is 2. The van der Waals surface area contributed by atoms with E-state index in [9.17, 15) is 15.0 Å². The Kier molecular flexibility index (Phi) is 3.78. The lowest BCUT2D eigenvalue weighted by atomic mass is 9.46. The summed E-state index contributed by atoms with van der Waals surface area (Å²) in [6, 6.07) is 0. The number of aliphatic hydroxyl groups excluding tert-OH is 2. The molecule has 0 aromatic heterocycles. The highest BCUT2D eigenvalue weighted by atomic mass is 16.3. The largest absolute Gasteiger partial charge is 0.393 e. The summed E-state index contributed by atoms with van der Waals surface area (Å²) in [5, 5.41) is 21.2. The van der Waals surface area contributed by atoms with Crippen LogP contribution in [-0.2, 0) is 4.79 Å². The number of fused-ring (bicyclic) bond motifs is 5. The van der Waals surface area contributed by atoms with E-state index in [1.54, 1.807) is 6.92 Å². The molecular formula is C21H32O3. The van der Waals surface area contributed by atoms with Gasteiger partial charge in [-0.25, -0.2) is 0 Å².